The van der Waals surface area contributed by atoms with Gasteiger partial charge in [0.1, 0.15) is 0 Å². The van der Waals surface area contributed by atoms with Gasteiger partial charge in [0, 0.05) is 23.3 Å². The highest BCUT2D eigenvalue weighted by molar-refractivity contribution is 7.99. The predicted molar refractivity (Wildman–Crippen MR) is 107 cm³/mol. The Bertz CT molecular complexity index is 1110. The Morgan fingerprint density at radius 2 is 1.66 bits per heavy atom. The van der Waals surface area contributed by atoms with Crippen molar-refractivity contribution in [2.24, 2.45) is 7.05 Å². The maximum absolute atomic E-state index is 12.9. The van der Waals surface area contributed by atoms with E-state index < -0.39 is 35.1 Å². The molecule has 2 aromatic carbocycles. The van der Waals surface area contributed by atoms with Crippen LogP contribution < -0.4 is 5.32 Å². The van der Waals surface area contributed by atoms with Crippen LogP contribution in [0.1, 0.15) is 11.1 Å². The lowest BCUT2D eigenvalue weighted by atomic mass is 10.1. The molecule has 1 amide bonds. The highest BCUT2D eigenvalue weighted by Gasteiger charge is 2.37. The fourth-order valence-corrected chi connectivity index (χ4v) is 3.58. The molecule has 0 bridgehead atoms. The van der Waals surface area contributed by atoms with Gasteiger partial charge in [0.2, 0.25) is 5.91 Å². The molecule has 1 aromatic heterocycles. The third kappa shape index (κ3) is 5.74. The fourth-order valence-electron chi connectivity index (χ4n) is 2.67. The average Bonchev–Trinajstić information content (AvgIpc) is 3.05. The lowest BCUT2D eigenvalue weighted by molar-refractivity contribution is -0.143. The summed E-state index contributed by atoms with van der Waals surface area (Å²) in [5, 5.41) is 10.8. The van der Waals surface area contributed by atoms with Crippen molar-refractivity contribution in [3.05, 3.63) is 58.6 Å². The number of halogens is 7. The number of thioether (sulfide) groups is 1. The Hall–Kier alpha value is -2.73. The minimum Gasteiger partial charge on any atom is -0.325 e. The van der Waals surface area contributed by atoms with Crippen LogP contribution in [0.25, 0.3) is 11.4 Å². The number of alkyl halides is 6. The molecule has 0 radical (unpaired) electrons. The largest absolute Gasteiger partial charge is 0.416 e. The number of rotatable bonds is 5. The normalized spacial score (nSPS) is 12.1. The van der Waals surface area contributed by atoms with Gasteiger partial charge in [0.15, 0.2) is 11.0 Å². The summed E-state index contributed by atoms with van der Waals surface area (Å²) in [5.41, 5.74) is -2.98. The van der Waals surface area contributed by atoms with E-state index in [4.69, 9.17) is 11.6 Å². The van der Waals surface area contributed by atoms with Gasteiger partial charge in [-0.05, 0) is 30.3 Å². The SMILES string of the molecule is Cn1c(SCC(=O)Nc2cc(C(F)(F)F)cc(C(F)(F)F)c2)nnc1-c1cccc(Cl)c1. The number of hydrogen-bond donors (Lipinski definition) is 1. The summed E-state index contributed by atoms with van der Waals surface area (Å²) < 4.78 is 79.2. The first-order chi connectivity index (χ1) is 14.8. The molecule has 3 rings (SSSR count). The predicted octanol–water partition coefficient (Wildman–Crippen LogP) is 5.90. The van der Waals surface area contributed by atoms with E-state index in [2.05, 4.69) is 15.5 Å². The third-order valence-corrected chi connectivity index (χ3v) is 5.38. The van der Waals surface area contributed by atoms with Crippen molar-refractivity contribution in [2.45, 2.75) is 17.5 Å². The van der Waals surface area contributed by atoms with Crippen LogP contribution in [0.2, 0.25) is 5.02 Å². The zero-order valence-corrected chi connectivity index (χ0v) is 17.6. The number of amides is 1. The first kappa shape index (κ1) is 23.9. The molecule has 0 unspecified atom stereocenters. The van der Waals surface area contributed by atoms with Crippen molar-refractivity contribution in [1.29, 1.82) is 0 Å². The van der Waals surface area contributed by atoms with Crippen LogP contribution >= 0.6 is 23.4 Å². The van der Waals surface area contributed by atoms with Gasteiger partial charge in [-0.2, -0.15) is 26.3 Å². The van der Waals surface area contributed by atoms with Gasteiger partial charge in [-0.25, -0.2) is 0 Å². The summed E-state index contributed by atoms with van der Waals surface area (Å²) in [7, 11) is 1.64. The van der Waals surface area contributed by atoms with Crippen LogP contribution in [0.15, 0.2) is 47.6 Å². The van der Waals surface area contributed by atoms with Gasteiger partial charge in [-0.3, -0.25) is 4.79 Å². The molecule has 5 nitrogen and oxygen atoms in total. The van der Waals surface area contributed by atoms with Gasteiger partial charge < -0.3 is 9.88 Å². The second-order valence-electron chi connectivity index (χ2n) is 6.51. The van der Waals surface area contributed by atoms with Crippen molar-refractivity contribution in [2.75, 3.05) is 11.1 Å². The lowest BCUT2D eigenvalue weighted by Gasteiger charge is -2.14. The quantitative estimate of drug-likeness (QED) is 0.354. The minimum absolute atomic E-state index is 0.0126. The summed E-state index contributed by atoms with van der Waals surface area (Å²) in [5.74, 6) is -0.670. The molecule has 3 aromatic rings. The molecule has 0 spiro atoms. The van der Waals surface area contributed by atoms with Crippen LogP contribution in [0.5, 0.6) is 0 Å². The average molecular weight is 495 g/mol. The summed E-state index contributed by atoms with van der Waals surface area (Å²) >= 11 is 6.87. The Balaban J connectivity index is 1.73. The number of anilines is 1. The molecule has 13 heteroatoms. The van der Waals surface area contributed by atoms with Crippen molar-refractivity contribution >= 4 is 35.0 Å². The molecule has 1 heterocycles. The van der Waals surface area contributed by atoms with E-state index in [1.807, 2.05) is 0 Å². The van der Waals surface area contributed by atoms with E-state index in [-0.39, 0.29) is 11.8 Å². The first-order valence-electron chi connectivity index (χ1n) is 8.72. The molecular formula is C19H13ClF6N4OS. The summed E-state index contributed by atoms with van der Waals surface area (Å²) in [6.45, 7) is 0. The Labute approximate surface area is 186 Å². The summed E-state index contributed by atoms with van der Waals surface area (Å²) in [4.78, 5) is 12.2. The number of aromatic nitrogens is 3. The van der Waals surface area contributed by atoms with E-state index in [9.17, 15) is 31.1 Å². The Morgan fingerprint density at radius 1 is 1.03 bits per heavy atom. The highest BCUT2D eigenvalue weighted by Crippen LogP contribution is 2.37. The molecule has 32 heavy (non-hydrogen) atoms. The molecule has 0 fully saturated rings. The van der Waals surface area contributed by atoms with Gasteiger partial charge in [0.25, 0.3) is 0 Å². The monoisotopic (exact) mass is 494 g/mol. The van der Waals surface area contributed by atoms with Crippen LogP contribution in [-0.4, -0.2) is 26.4 Å². The molecule has 0 aliphatic rings. The maximum atomic E-state index is 12.9. The minimum atomic E-state index is -5.01. The summed E-state index contributed by atoms with van der Waals surface area (Å²) in [6.07, 6.45) is -10.0. The molecule has 0 aliphatic heterocycles. The molecule has 0 atom stereocenters. The first-order valence-corrected chi connectivity index (χ1v) is 10.1. The number of nitrogens with zero attached hydrogens (tertiary/aromatic N) is 3. The van der Waals surface area contributed by atoms with Gasteiger partial charge >= 0.3 is 12.4 Å². The van der Waals surface area contributed by atoms with E-state index >= 15 is 0 Å². The summed E-state index contributed by atoms with van der Waals surface area (Å²) in [6, 6.07) is 7.69. The van der Waals surface area contributed by atoms with E-state index in [0.717, 1.165) is 11.8 Å². The molecular weight excluding hydrogens is 482 g/mol. The van der Waals surface area contributed by atoms with Crippen LogP contribution in [-0.2, 0) is 24.2 Å². The zero-order chi connectivity index (χ0) is 23.7. The van der Waals surface area contributed by atoms with Crippen molar-refractivity contribution in [3.63, 3.8) is 0 Å². The molecule has 170 valence electrons. The van der Waals surface area contributed by atoms with E-state index in [1.165, 1.54) is 0 Å². The van der Waals surface area contributed by atoms with Crippen LogP contribution in [0.4, 0.5) is 32.0 Å². The van der Waals surface area contributed by atoms with Crippen molar-refractivity contribution < 1.29 is 31.1 Å². The Kier molecular flexibility index (Phi) is 6.75. The second-order valence-corrected chi connectivity index (χ2v) is 7.89. The van der Waals surface area contributed by atoms with E-state index in [1.54, 1.807) is 35.9 Å². The number of carbonyl (C=O) groups is 1. The number of nitrogens with one attached hydrogen (secondary N) is 1. The van der Waals surface area contributed by atoms with Gasteiger partial charge in [0.05, 0.1) is 16.9 Å². The van der Waals surface area contributed by atoms with E-state index in [0.29, 0.717) is 33.7 Å². The molecule has 0 aliphatic carbocycles. The molecule has 0 saturated heterocycles. The molecule has 1 N–H and O–H groups in total. The number of hydrogen-bond acceptors (Lipinski definition) is 4. The van der Waals surface area contributed by atoms with Gasteiger partial charge in [-0.15, -0.1) is 10.2 Å². The zero-order valence-electron chi connectivity index (χ0n) is 16.1. The standard InChI is InChI=1S/C19H13ClF6N4OS/c1-30-16(10-3-2-4-13(20)5-10)28-29-17(30)32-9-15(31)27-14-7-11(18(21,22)23)6-12(8-14)19(24,25)26/h2-8H,9H2,1H3,(H,27,31). The third-order valence-electron chi connectivity index (χ3n) is 4.12. The highest BCUT2D eigenvalue weighted by atomic mass is 35.5. The second kappa shape index (κ2) is 9.02. The van der Waals surface area contributed by atoms with Crippen LogP contribution in [0.3, 0.4) is 0 Å². The number of benzene rings is 2. The van der Waals surface area contributed by atoms with Gasteiger partial charge in [-0.1, -0.05) is 35.5 Å². The topological polar surface area (TPSA) is 59.8 Å². The molecule has 0 saturated carbocycles. The lowest BCUT2D eigenvalue weighted by Crippen LogP contribution is -2.17. The van der Waals surface area contributed by atoms with Crippen molar-refractivity contribution in [1.82, 2.24) is 14.8 Å². The Morgan fingerprint density at radius 3 is 2.22 bits per heavy atom. The maximum Gasteiger partial charge on any atom is 0.416 e. The van der Waals surface area contributed by atoms with Crippen LogP contribution in [0, 0.1) is 0 Å². The van der Waals surface area contributed by atoms with Crippen molar-refractivity contribution in [3.8, 4) is 11.4 Å². The number of carbonyl (C=O) groups excluding carboxylic acids is 1. The smallest absolute Gasteiger partial charge is 0.325 e. The fraction of sp³-hybridized carbons (Fsp3) is 0.211.